The molecule has 0 aromatic heterocycles. The Kier molecular flexibility index (Phi) is 8.39. The molecule has 1 aliphatic heterocycles. The second-order valence-corrected chi connectivity index (χ2v) is 6.27. The fourth-order valence-corrected chi connectivity index (χ4v) is 2.81. The van der Waals surface area contributed by atoms with Gasteiger partial charge in [0, 0.05) is 37.6 Å². The first kappa shape index (κ1) is 19.4. The third-order valence-electron chi connectivity index (χ3n) is 3.83. The third kappa shape index (κ3) is 7.22. The number of carbonyl (C=O) groups excluding carboxylic acids is 1. The molecule has 1 aliphatic rings. The minimum Gasteiger partial charge on any atom is -0.492 e. The Bertz CT molecular complexity index is 580. The summed E-state index contributed by atoms with van der Waals surface area (Å²) < 4.78 is 5.65. The molecular formula is C18H27ClN4O2. The van der Waals surface area contributed by atoms with E-state index in [4.69, 9.17) is 16.3 Å². The summed E-state index contributed by atoms with van der Waals surface area (Å²) in [5, 5.41) is 7.12. The predicted octanol–water partition coefficient (Wildman–Crippen LogP) is 2.29. The van der Waals surface area contributed by atoms with E-state index in [1.54, 1.807) is 6.07 Å². The van der Waals surface area contributed by atoms with Gasteiger partial charge in [0.1, 0.15) is 12.4 Å². The second-order valence-electron chi connectivity index (χ2n) is 5.83. The number of guanidine groups is 1. The SMILES string of the molecule is CCNC(=NCCCN1CCCC1=O)NCCOc1cccc(Cl)c1. The van der Waals surface area contributed by atoms with Crippen molar-refractivity contribution in [3.63, 3.8) is 0 Å². The molecule has 2 N–H and O–H groups in total. The summed E-state index contributed by atoms with van der Waals surface area (Å²) in [4.78, 5) is 18.0. The molecule has 0 atom stereocenters. The van der Waals surface area contributed by atoms with Crippen LogP contribution in [0, 0.1) is 0 Å². The molecule has 0 bridgehead atoms. The quantitative estimate of drug-likeness (QED) is 0.400. The topological polar surface area (TPSA) is 66.0 Å². The molecule has 0 spiro atoms. The number of rotatable bonds is 9. The number of ether oxygens (including phenoxy) is 1. The van der Waals surface area contributed by atoms with Crippen LogP contribution in [-0.2, 0) is 4.79 Å². The van der Waals surface area contributed by atoms with Crippen molar-refractivity contribution in [3.8, 4) is 5.75 Å². The molecule has 1 amide bonds. The average molecular weight is 367 g/mol. The van der Waals surface area contributed by atoms with Crippen LogP contribution in [-0.4, -0.2) is 56.1 Å². The normalized spacial score (nSPS) is 14.7. The summed E-state index contributed by atoms with van der Waals surface area (Å²) in [6.07, 6.45) is 2.56. The van der Waals surface area contributed by atoms with E-state index in [0.717, 1.165) is 44.2 Å². The summed E-state index contributed by atoms with van der Waals surface area (Å²) in [5.41, 5.74) is 0. The number of hydrogen-bond donors (Lipinski definition) is 2. The average Bonchev–Trinajstić information content (AvgIpc) is 3.00. The Hall–Kier alpha value is -1.95. The Morgan fingerprint density at radius 3 is 3.00 bits per heavy atom. The second kappa shape index (κ2) is 10.8. The molecule has 138 valence electrons. The standard InChI is InChI=1S/C18H27ClN4O2/c1-2-20-18(21-9-5-12-23-11-4-8-17(23)24)22-10-13-25-16-7-3-6-15(19)14-16/h3,6-7,14H,2,4-5,8-13H2,1H3,(H2,20,21,22). The zero-order valence-corrected chi connectivity index (χ0v) is 15.5. The molecule has 0 unspecified atom stereocenters. The first-order valence-electron chi connectivity index (χ1n) is 8.87. The highest BCUT2D eigenvalue weighted by atomic mass is 35.5. The molecule has 7 heteroatoms. The molecule has 0 saturated carbocycles. The van der Waals surface area contributed by atoms with Crippen molar-refractivity contribution in [1.29, 1.82) is 0 Å². The fraction of sp³-hybridized carbons (Fsp3) is 0.556. The summed E-state index contributed by atoms with van der Waals surface area (Å²) in [7, 11) is 0. The zero-order valence-electron chi connectivity index (χ0n) is 14.8. The van der Waals surface area contributed by atoms with Gasteiger partial charge in [-0.25, -0.2) is 0 Å². The smallest absolute Gasteiger partial charge is 0.222 e. The Morgan fingerprint density at radius 2 is 2.28 bits per heavy atom. The van der Waals surface area contributed by atoms with Crippen LogP contribution in [0.15, 0.2) is 29.3 Å². The Balaban J connectivity index is 1.65. The molecule has 2 rings (SSSR count). The number of hydrogen-bond acceptors (Lipinski definition) is 3. The van der Waals surface area contributed by atoms with E-state index in [2.05, 4.69) is 15.6 Å². The predicted molar refractivity (Wildman–Crippen MR) is 101 cm³/mol. The molecule has 25 heavy (non-hydrogen) atoms. The van der Waals surface area contributed by atoms with Gasteiger partial charge in [-0.2, -0.15) is 0 Å². The maximum Gasteiger partial charge on any atom is 0.222 e. The molecule has 1 saturated heterocycles. The van der Waals surface area contributed by atoms with Crippen molar-refractivity contribution in [3.05, 3.63) is 29.3 Å². The maximum atomic E-state index is 11.6. The number of amides is 1. The van der Waals surface area contributed by atoms with Crippen molar-refractivity contribution in [2.75, 3.05) is 39.3 Å². The lowest BCUT2D eigenvalue weighted by Crippen LogP contribution is -2.39. The Labute approximate surface area is 154 Å². The maximum absolute atomic E-state index is 11.6. The number of carbonyl (C=O) groups is 1. The van der Waals surface area contributed by atoms with Crippen LogP contribution in [0.3, 0.4) is 0 Å². The summed E-state index contributed by atoms with van der Waals surface area (Å²) in [6, 6.07) is 7.35. The van der Waals surface area contributed by atoms with Crippen molar-refractivity contribution < 1.29 is 9.53 Å². The van der Waals surface area contributed by atoms with E-state index in [1.165, 1.54) is 0 Å². The van der Waals surface area contributed by atoms with E-state index in [0.29, 0.717) is 31.1 Å². The summed E-state index contributed by atoms with van der Waals surface area (Å²) >= 11 is 5.93. The molecule has 1 aromatic rings. The molecule has 1 fully saturated rings. The van der Waals surface area contributed by atoms with E-state index >= 15 is 0 Å². The van der Waals surface area contributed by atoms with Crippen LogP contribution in [0.4, 0.5) is 0 Å². The molecular weight excluding hydrogens is 340 g/mol. The van der Waals surface area contributed by atoms with Crippen molar-refractivity contribution in [2.24, 2.45) is 4.99 Å². The number of benzene rings is 1. The zero-order chi connectivity index (χ0) is 17.9. The van der Waals surface area contributed by atoms with E-state index < -0.39 is 0 Å². The number of likely N-dealkylation sites (tertiary alicyclic amines) is 1. The van der Waals surface area contributed by atoms with Gasteiger partial charge in [-0.1, -0.05) is 17.7 Å². The molecule has 0 radical (unpaired) electrons. The highest BCUT2D eigenvalue weighted by Crippen LogP contribution is 2.16. The third-order valence-corrected chi connectivity index (χ3v) is 4.07. The summed E-state index contributed by atoms with van der Waals surface area (Å²) in [6.45, 7) is 6.36. The molecule has 6 nitrogen and oxygen atoms in total. The van der Waals surface area contributed by atoms with E-state index in [9.17, 15) is 4.79 Å². The van der Waals surface area contributed by atoms with Gasteiger partial charge >= 0.3 is 0 Å². The van der Waals surface area contributed by atoms with Gasteiger partial charge in [-0.15, -0.1) is 0 Å². The molecule has 1 heterocycles. The van der Waals surface area contributed by atoms with E-state index in [-0.39, 0.29) is 5.91 Å². The molecule has 1 aromatic carbocycles. The molecule has 0 aliphatic carbocycles. The first-order chi connectivity index (χ1) is 12.2. The van der Waals surface area contributed by atoms with Gasteiger partial charge in [0.25, 0.3) is 0 Å². The van der Waals surface area contributed by atoms with Crippen LogP contribution in [0.1, 0.15) is 26.2 Å². The van der Waals surface area contributed by atoms with Crippen LogP contribution in [0.5, 0.6) is 5.75 Å². The van der Waals surface area contributed by atoms with Gasteiger partial charge in [-0.3, -0.25) is 9.79 Å². The number of aliphatic imine (C=N–C) groups is 1. The fourth-order valence-electron chi connectivity index (χ4n) is 2.63. The van der Waals surface area contributed by atoms with Crippen LogP contribution in [0.2, 0.25) is 5.02 Å². The van der Waals surface area contributed by atoms with Crippen LogP contribution >= 0.6 is 11.6 Å². The lowest BCUT2D eigenvalue weighted by Gasteiger charge is -2.15. The van der Waals surface area contributed by atoms with Crippen LogP contribution < -0.4 is 15.4 Å². The lowest BCUT2D eigenvalue weighted by atomic mass is 10.3. The van der Waals surface area contributed by atoms with Crippen molar-refractivity contribution in [1.82, 2.24) is 15.5 Å². The van der Waals surface area contributed by atoms with Gasteiger partial charge in [0.05, 0.1) is 6.54 Å². The van der Waals surface area contributed by atoms with Gasteiger partial charge in [0.2, 0.25) is 5.91 Å². The monoisotopic (exact) mass is 366 g/mol. The van der Waals surface area contributed by atoms with E-state index in [1.807, 2.05) is 30.0 Å². The van der Waals surface area contributed by atoms with Crippen molar-refractivity contribution >= 4 is 23.5 Å². The van der Waals surface area contributed by atoms with Gasteiger partial charge < -0.3 is 20.3 Å². The Morgan fingerprint density at radius 1 is 1.40 bits per heavy atom. The van der Waals surface area contributed by atoms with Gasteiger partial charge in [0.15, 0.2) is 5.96 Å². The number of halogens is 1. The first-order valence-corrected chi connectivity index (χ1v) is 9.25. The lowest BCUT2D eigenvalue weighted by molar-refractivity contribution is -0.127. The minimum atomic E-state index is 0.271. The van der Waals surface area contributed by atoms with Crippen molar-refractivity contribution in [2.45, 2.75) is 26.2 Å². The highest BCUT2D eigenvalue weighted by molar-refractivity contribution is 6.30. The van der Waals surface area contributed by atoms with Gasteiger partial charge in [-0.05, 0) is 38.0 Å². The highest BCUT2D eigenvalue weighted by Gasteiger charge is 2.18. The number of nitrogens with zero attached hydrogens (tertiary/aromatic N) is 2. The minimum absolute atomic E-state index is 0.271. The number of nitrogens with one attached hydrogen (secondary N) is 2. The van der Waals surface area contributed by atoms with Crippen LogP contribution in [0.25, 0.3) is 0 Å². The summed E-state index contributed by atoms with van der Waals surface area (Å²) in [5.74, 6) is 1.80. The largest absolute Gasteiger partial charge is 0.492 e.